The summed E-state index contributed by atoms with van der Waals surface area (Å²) >= 11 is 0. The molecule has 0 aromatic rings. The fraction of sp³-hybridized carbons (Fsp3) is 1.00. The van der Waals surface area contributed by atoms with Crippen molar-refractivity contribution in [3.05, 3.63) is 0 Å². The molecule has 0 aliphatic heterocycles. The Hall–Kier alpha value is -0.0800. The second-order valence-electron chi connectivity index (χ2n) is 2.36. The van der Waals surface area contributed by atoms with E-state index in [2.05, 4.69) is 20.8 Å². The number of rotatable bonds is 4. The van der Waals surface area contributed by atoms with Crippen molar-refractivity contribution in [1.29, 1.82) is 0 Å². The van der Waals surface area contributed by atoms with Crippen molar-refractivity contribution >= 4 is 0 Å². The van der Waals surface area contributed by atoms with E-state index in [-0.39, 0.29) is 5.60 Å². The first-order valence-electron chi connectivity index (χ1n) is 3.62. The summed E-state index contributed by atoms with van der Waals surface area (Å²) in [6, 6.07) is 0. The smallest absolute Gasteiger partial charge is 0.0886 e. The lowest BCUT2D eigenvalue weighted by Gasteiger charge is -2.26. The van der Waals surface area contributed by atoms with Gasteiger partial charge in [-0.25, -0.2) is 5.90 Å². The zero-order chi connectivity index (χ0) is 7.33. The SMILES string of the molecule is CCC(CC)(CC)ON. The maximum atomic E-state index is 5.14. The van der Waals surface area contributed by atoms with Gasteiger partial charge < -0.3 is 0 Å². The highest BCUT2D eigenvalue weighted by atomic mass is 16.6. The molecule has 0 fully saturated rings. The van der Waals surface area contributed by atoms with Gasteiger partial charge in [-0.15, -0.1) is 0 Å². The summed E-state index contributed by atoms with van der Waals surface area (Å²) in [5, 5.41) is 0. The van der Waals surface area contributed by atoms with Gasteiger partial charge in [-0.3, -0.25) is 4.84 Å². The minimum Gasteiger partial charge on any atom is -0.298 e. The Morgan fingerprint density at radius 2 is 1.44 bits per heavy atom. The van der Waals surface area contributed by atoms with E-state index in [1.165, 1.54) is 0 Å². The maximum Gasteiger partial charge on any atom is 0.0886 e. The average Bonchev–Trinajstić information content (AvgIpc) is 1.95. The van der Waals surface area contributed by atoms with E-state index in [0.717, 1.165) is 19.3 Å². The van der Waals surface area contributed by atoms with Crippen LogP contribution in [0.1, 0.15) is 40.0 Å². The standard InChI is InChI=1S/C7H17NO/c1-4-7(5-2,6-3)9-8/h4-6,8H2,1-3H3. The number of hydrogen-bond acceptors (Lipinski definition) is 2. The molecule has 9 heavy (non-hydrogen) atoms. The minimum absolute atomic E-state index is 0.0556. The predicted octanol–water partition coefficient (Wildman–Crippen LogP) is 1.85. The van der Waals surface area contributed by atoms with E-state index in [1.54, 1.807) is 0 Å². The quantitative estimate of drug-likeness (QED) is 0.591. The Kier molecular flexibility index (Phi) is 3.82. The molecule has 0 aromatic heterocycles. The highest BCUT2D eigenvalue weighted by Gasteiger charge is 2.23. The molecule has 2 nitrogen and oxygen atoms in total. The van der Waals surface area contributed by atoms with Crippen molar-refractivity contribution < 1.29 is 4.84 Å². The van der Waals surface area contributed by atoms with Crippen LogP contribution in [0, 0.1) is 0 Å². The second kappa shape index (κ2) is 3.85. The lowest BCUT2D eigenvalue weighted by Crippen LogP contribution is -2.33. The third-order valence-electron chi connectivity index (χ3n) is 2.18. The third kappa shape index (κ3) is 1.95. The van der Waals surface area contributed by atoms with E-state index in [9.17, 15) is 0 Å². The van der Waals surface area contributed by atoms with Gasteiger partial charge in [0.1, 0.15) is 0 Å². The van der Waals surface area contributed by atoms with Gasteiger partial charge in [-0.2, -0.15) is 0 Å². The van der Waals surface area contributed by atoms with Crippen LogP contribution in [0.3, 0.4) is 0 Å². The molecule has 2 heteroatoms. The minimum atomic E-state index is -0.0556. The van der Waals surface area contributed by atoms with E-state index in [1.807, 2.05) is 0 Å². The van der Waals surface area contributed by atoms with E-state index in [0.29, 0.717) is 0 Å². The van der Waals surface area contributed by atoms with Crippen LogP contribution in [0.25, 0.3) is 0 Å². The van der Waals surface area contributed by atoms with Crippen LogP contribution < -0.4 is 5.90 Å². The number of nitrogens with two attached hydrogens (primary N) is 1. The fourth-order valence-electron chi connectivity index (χ4n) is 1.00. The van der Waals surface area contributed by atoms with Gasteiger partial charge in [0.2, 0.25) is 0 Å². The molecule has 56 valence electrons. The normalized spacial score (nSPS) is 12.0. The van der Waals surface area contributed by atoms with Crippen molar-refractivity contribution in [3.8, 4) is 0 Å². The van der Waals surface area contributed by atoms with Crippen molar-refractivity contribution in [2.24, 2.45) is 5.90 Å². The summed E-state index contributed by atoms with van der Waals surface area (Å²) < 4.78 is 0. The molecule has 2 N–H and O–H groups in total. The summed E-state index contributed by atoms with van der Waals surface area (Å²) in [5.74, 6) is 5.14. The van der Waals surface area contributed by atoms with Gasteiger partial charge >= 0.3 is 0 Å². The summed E-state index contributed by atoms with van der Waals surface area (Å²) in [7, 11) is 0. The van der Waals surface area contributed by atoms with Gasteiger partial charge in [0.05, 0.1) is 5.60 Å². The molecule has 0 unspecified atom stereocenters. The average molecular weight is 131 g/mol. The summed E-state index contributed by atoms with van der Waals surface area (Å²) in [4.78, 5) is 4.89. The van der Waals surface area contributed by atoms with Gasteiger partial charge in [0.15, 0.2) is 0 Å². The summed E-state index contributed by atoms with van der Waals surface area (Å²) in [6.07, 6.45) is 2.99. The molecule has 0 heterocycles. The van der Waals surface area contributed by atoms with Crippen LogP contribution in [0.4, 0.5) is 0 Å². The molecule has 0 atom stereocenters. The van der Waals surface area contributed by atoms with Crippen molar-refractivity contribution in [2.75, 3.05) is 0 Å². The fourth-order valence-corrected chi connectivity index (χ4v) is 1.00. The molecule has 0 aromatic carbocycles. The summed E-state index contributed by atoms with van der Waals surface area (Å²) in [6.45, 7) is 6.29. The Balaban J connectivity index is 3.82. The molecule has 0 amide bonds. The molecule has 0 radical (unpaired) electrons. The van der Waals surface area contributed by atoms with E-state index >= 15 is 0 Å². The van der Waals surface area contributed by atoms with Crippen LogP contribution >= 0.6 is 0 Å². The van der Waals surface area contributed by atoms with Crippen LogP contribution in [0.15, 0.2) is 0 Å². The molecule has 0 rings (SSSR count). The zero-order valence-corrected chi connectivity index (χ0v) is 6.61. The van der Waals surface area contributed by atoms with Crippen molar-refractivity contribution in [2.45, 2.75) is 45.6 Å². The third-order valence-corrected chi connectivity index (χ3v) is 2.18. The predicted molar refractivity (Wildman–Crippen MR) is 38.9 cm³/mol. The van der Waals surface area contributed by atoms with Crippen molar-refractivity contribution in [1.82, 2.24) is 0 Å². The van der Waals surface area contributed by atoms with Gasteiger partial charge in [0, 0.05) is 0 Å². The molecule has 0 aliphatic carbocycles. The maximum absolute atomic E-state index is 5.14. The van der Waals surface area contributed by atoms with Crippen LogP contribution in [-0.4, -0.2) is 5.60 Å². The molecule has 0 saturated heterocycles. The number of hydrogen-bond donors (Lipinski definition) is 1. The van der Waals surface area contributed by atoms with Gasteiger partial charge in [-0.05, 0) is 19.3 Å². The molecule has 0 aliphatic rings. The van der Waals surface area contributed by atoms with Crippen LogP contribution in [-0.2, 0) is 4.84 Å². The first-order chi connectivity index (χ1) is 4.24. The van der Waals surface area contributed by atoms with Crippen LogP contribution in [0.5, 0.6) is 0 Å². The summed E-state index contributed by atoms with van der Waals surface area (Å²) in [5.41, 5.74) is -0.0556. The Bertz CT molecular complexity index is 51.8. The Morgan fingerprint density at radius 3 is 1.44 bits per heavy atom. The molecular weight excluding hydrogens is 114 g/mol. The lowest BCUT2D eigenvalue weighted by molar-refractivity contribution is -0.0564. The Morgan fingerprint density at radius 1 is 1.11 bits per heavy atom. The second-order valence-corrected chi connectivity index (χ2v) is 2.36. The Labute approximate surface area is 57.3 Å². The van der Waals surface area contributed by atoms with E-state index in [4.69, 9.17) is 10.7 Å². The molecular formula is C7H17NO. The lowest BCUT2D eigenvalue weighted by atomic mass is 9.95. The van der Waals surface area contributed by atoms with Gasteiger partial charge in [-0.1, -0.05) is 20.8 Å². The monoisotopic (exact) mass is 131 g/mol. The first-order valence-corrected chi connectivity index (χ1v) is 3.62. The highest BCUT2D eigenvalue weighted by molar-refractivity contribution is 4.73. The molecule has 0 saturated carbocycles. The van der Waals surface area contributed by atoms with E-state index < -0.39 is 0 Å². The molecule has 0 bridgehead atoms. The molecule has 0 spiro atoms. The largest absolute Gasteiger partial charge is 0.298 e. The first kappa shape index (κ1) is 8.92. The van der Waals surface area contributed by atoms with Crippen LogP contribution in [0.2, 0.25) is 0 Å². The highest BCUT2D eigenvalue weighted by Crippen LogP contribution is 2.21. The topological polar surface area (TPSA) is 35.2 Å². The zero-order valence-electron chi connectivity index (χ0n) is 6.61. The van der Waals surface area contributed by atoms with Crippen molar-refractivity contribution in [3.63, 3.8) is 0 Å². The van der Waals surface area contributed by atoms with Gasteiger partial charge in [0.25, 0.3) is 0 Å².